The van der Waals surface area contributed by atoms with Crippen molar-refractivity contribution >= 4 is 39.6 Å². The lowest BCUT2D eigenvalue weighted by atomic mass is 10.1. The minimum absolute atomic E-state index is 0.0503. The van der Waals surface area contributed by atoms with Crippen LogP contribution in [-0.2, 0) is 11.3 Å². The van der Waals surface area contributed by atoms with Crippen LogP contribution in [-0.4, -0.2) is 28.3 Å². The fourth-order valence-electron chi connectivity index (χ4n) is 3.26. The number of halogens is 1. The Balaban J connectivity index is 1.87. The molecule has 0 aliphatic carbocycles. The van der Waals surface area contributed by atoms with Crippen LogP contribution in [0.25, 0.3) is 21.8 Å². The molecule has 0 atom stereocenters. The van der Waals surface area contributed by atoms with E-state index in [1.807, 2.05) is 12.1 Å². The highest BCUT2D eigenvalue weighted by atomic mass is 35.5. The topological polar surface area (TPSA) is 117 Å². The summed E-state index contributed by atoms with van der Waals surface area (Å²) in [7, 11) is 1.50. The highest BCUT2D eigenvalue weighted by Gasteiger charge is 2.18. The van der Waals surface area contributed by atoms with Crippen LogP contribution in [0.4, 0.5) is 4.79 Å². The number of rotatable bonds is 5. The van der Waals surface area contributed by atoms with Gasteiger partial charge in [-0.2, -0.15) is 5.26 Å². The van der Waals surface area contributed by atoms with Crippen molar-refractivity contribution < 1.29 is 24.1 Å². The predicted molar refractivity (Wildman–Crippen MR) is 109 cm³/mol. The molecule has 2 aromatic heterocycles. The number of aromatic nitrogens is 2. The van der Waals surface area contributed by atoms with E-state index in [0.717, 1.165) is 10.9 Å². The predicted octanol–water partition coefficient (Wildman–Crippen LogP) is 5.24. The van der Waals surface area contributed by atoms with Crippen molar-refractivity contribution in [3.8, 4) is 23.4 Å². The van der Waals surface area contributed by atoms with Crippen LogP contribution >= 0.6 is 11.6 Å². The molecule has 0 saturated carbocycles. The van der Waals surface area contributed by atoms with Crippen LogP contribution in [0, 0.1) is 11.3 Å². The normalized spacial score (nSPS) is 10.8. The van der Waals surface area contributed by atoms with Crippen LogP contribution in [0.5, 0.6) is 17.4 Å². The number of hydrogen-bond donors (Lipinski definition) is 2. The number of pyridine rings is 1. The summed E-state index contributed by atoms with van der Waals surface area (Å²) in [5.74, 6) is 0.756. The van der Waals surface area contributed by atoms with E-state index in [9.17, 15) is 10.1 Å². The summed E-state index contributed by atoms with van der Waals surface area (Å²) in [5, 5.41) is 20.1. The van der Waals surface area contributed by atoms with Gasteiger partial charge in [-0.25, -0.2) is 9.78 Å². The molecular formula is C21H14ClN3O5. The van der Waals surface area contributed by atoms with Crippen LogP contribution in [0.2, 0.25) is 5.02 Å². The molecule has 0 bridgehead atoms. The minimum atomic E-state index is -1.46. The first-order chi connectivity index (χ1) is 14.5. The lowest BCUT2D eigenvalue weighted by molar-refractivity contribution is 0.139. The van der Waals surface area contributed by atoms with Gasteiger partial charge in [0.2, 0.25) is 5.88 Å². The minimum Gasteiger partial charge on any atom is -0.456 e. The molecule has 30 heavy (non-hydrogen) atoms. The molecule has 2 aromatic carbocycles. The zero-order chi connectivity index (χ0) is 21.3. The number of carbonyl (C=O) groups is 1. The van der Waals surface area contributed by atoms with E-state index in [4.69, 9.17) is 30.9 Å². The summed E-state index contributed by atoms with van der Waals surface area (Å²) in [5.41, 5.74) is 2.20. The van der Waals surface area contributed by atoms with Crippen molar-refractivity contribution in [1.82, 2.24) is 9.97 Å². The maximum absolute atomic E-state index is 11.0. The van der Waals surface area contributed by atoms with Crippen LogP contribution < -0.4 is 9.47 Å². The number of H-pyrrole nitrogens is 1. The third-order valence-electron chi connectivity index (χ3n) is 4.46. The lowest BCUT2D eigenvalue weighted by Gasteiger charge is -2.10. The number of nitrogens with zero attached hydrogens (tertiary/aromatic N) is 2. The third-order valence-corrected chi connectivity index (χ3v) is 4.77. The Morgan fingerprint density at radius 2 is 2.13 bits per heavy atom. The number of aromatic amines is 1. The van der Waals surface area contributed by atoms with Gasteiger partial charge in [-0.15, -0.1) is 0 Å². The Bertz CT molecular complexity index is 1330. The summed E-state index contributed by atoms with van der Waals surface area (Å²) < 4.78 is 16.0. The van der Waals surface area contributed by atoms with Gasteiger partial charge >= 0.3 is 6.16 Å². The quantitative estimate of drug-likeness (QED) is 0.421. The largest absolute Gasteiger partial charge is 0.512 e. The number of nitriles is 1. The molecule has 0 unspecified atom stereocenters. The molecule has 2 heterocycles. The van der Waals surface area contributed by atoms with E-state index in [-0.39, 0.29) is 18.1 Å². The third kappa shape index (κ3) is 3.48. The first-order valence-corrected chi connectivity index (χ1v) is 9.09. The lowest BCUT2D eigenvalue weighted by Crippen LogP contribution is -2.07. The van der Waals surface area contributed by atoms with E-state index >= 15 is 0 Å². The summed E-state index contributed by atoms with van der Waals surface area (Å²) in [4.78, 5) is 18.4. The molecule has 0 aliphatic rings. The van der Waals surface area contributed by atoms with Gasteiger partial charge in [-0.05, 0) is 30.3 Å². The molecule has 0 aliphatic heterocycles. The Kier molecular flexibility index (Phi) is 5.14. The summed E-state index contributed by atoms with van der Waals surface area (Å²) in [6.45, 7) is 0.0951. The average molecular weight is 424 g/mol. The fourth-order valence-corrected chi connectivity index (χ4v) is 3.47. The number of benzene rings is 2. The SMILES string of the molecule is COCc1c(OC(=O)O)ncc2[nH]c3ccc(Oc4cccc(Cl)c4C#N)cc3c12. The Hall–Kier alpha value is -3.80. The maximum atomic E-state index is 11.0. The fraction of sp³-hybridized carbons (Fsp3) is 0.0952. The second-order valence-corrected chi connectivity index (χ2v) is 6.70. The molecule has 4 aromatic rings. The zero-order valence-electron chi connectivity index (χ0n) is 15.6. The number of nitrogens with one attached hydrogen (secondary N) is 1. The van der Waals surface area contributed by atoms with Gasteiger partial charge in [0.25, 0.3) is 0 Å². The monoisotopic (exact) mass is 423 g/mol. The van der Waals surface area contributed by atoms with Crippen LogP contribution in [0.15, 0.2) is 42.6 Å². The first-order valence-electron chi connectivity index (χ1n) is 8.71. The number of methoxy groups -OCH3 is 1. The average Bonchev–Trinajstić information content (AvgIpc) is 3.08. The van der Waals surface area contributed by atoms with Gasteiger partial charge in [0.15, 0.2) is 0 Å². The number of hydrogen-bond acceptors (Lipinski definition) is 6. The Morgan fingerprint density at radius 1 is 1.30 bits per heavy atom. The van der Waals surface area contributed by atoms with E-state index in [1.54, 1.807) is 30.3 Å². The summed E-state index contributed by atoms with van der Waals surface area (Å²) in [6, 6.07) is 12.3. The number of carboxylic acid groups (broad SMARTS) is 1. The van der Waals surface area contributed by atoms with Crippen molar-refractivity contribution in [2.45, 2.75) is 6.61 Å². The van der Waals surface area contributed by atoms with Gasteiger partial charge < -0.3 is 24.3 Å². The maximum Gasteiger partial charge on any atom is 0.512 e. The van der Waals surface area contributed by atoms with Crippen LogP contribution in [0.3, 0.4) is 0 Å². The summed E-state index contributed by atoms with van der Waals surface area (Å²) in [6.07, 6.45) is 0.0333. The van der Waals surface area contributed by atoms with Crippen molar-refractivity contribution in [2.24, 2.45) is 0 Å². The Morgan fingerprint density at radius 3 is 2.87 bits per heavy atom. The second-order valence-electron chi connectivity index (χ2n) is 6.29. The van der Waals surface area contributed by atoms with E-state index in [2.05, 4.69) is 9.97 Å². The van der Waals surface area contributed by atoms with E-state index in [0.29, 0.717) is 33.0 Å². The molecule has 0 fully saturated rings. The highest BCUT2D eigenvalue weighted by molar-refractivity contribution is 6.32. The second kappa shape index (κ2) is 7.91. The van der Waals surface area contributed by atoms with E-state index < -0.39 is 6.16 Å². The molecule has 150 valence electrons. The molecule has 0 amide bonds. The van der Waals surface area contributed by atoms with E-state index in [1.165, 1.54) is 13.3 Å². The van der Waals surface area contributed by atoms with Crippen molar-refractivity contribution in [2.75, 3.05) is 7.11 Å². The molecule has 0 saturated heterocycles. The standard InChI is InChI=1S/C21H14ClN3O5/c1-28-10-14-19-12-7-11(29-18-4-2-3-15(22)13(18)8-23)5-6-16(12)25-17(19)9-24-20(14)30-21(26)27/h2-7,9,25H,10H2,1H3,(H,26,27). The molecular weight excluding hydrogens is 410 g/mol. The van der Waals surface area contributed by atoms with Gasteiger partial charge in [0.1, 0.15) is 23.1 Å². The Labute approximate surface area is 175 Å². The molecule has 4 rings (SSSR count). The number of ether oxygens (including phenoxy) is 3. The van der Waals surface area contributed by atoms with Crippen LogP contribution in [0.1, 0.15) is 11.1 Å². The molecule has 9 heteroatoms. The molecule has 8 nitrogen and oxygen atoms in total. The van der Waals surface area contributed by atoms with Crippen molar-refractivity contribution in [3.05, 3.63) is 58.7 Å². The molecule has 0 radical (unpaired) electrons. The molecule has 0 spiro atoms. The van der Waals surface area contributed by atoms with Crippen molar-refractivity contribution in [1.29, 1.82) is 5.26 Å². The summed E-state index contributed by atoms with van der Waals surface area (Å²) >= 11 is 6.08. The smallest absolute Gasteiger partial charge is 0.456 e. The van der Waals surface area contributed by atoms with Crippen molar-refractivity contribution in [3.63, 3.8) is 0 Å². The zero-order valence-corrected chi connectivity index (χ0v) is 16.4. The highest BCUT2D eigenvalue weighted by Crippen LogP contribution is 2.36. The van der Waals surface area contributed by atoms with Gasteiger partial charge in [-0.3, -0.25) is 0 Å². The van der Waals surface area contributed by atoms with Gasteiger partial charge in [-0.1, -0.05) is 17.7 Å². The number of fused-ring (bicyclic) bond motifs is 3. The first kappa shape index (κ1) is 19.5. The van der Waals surface area contributed by atoms with Gasteiger partial charge in [0, 0.05) is 23.4 Å². The molecule has 2 N–H and O–H groups in total. The van der Waals surface area contributed by atoms with Gasteiger partial charge in [0.05, 0.1) is 28.9 Å².